The molecule has 1 amide bonds. The molecule has 0 spiro atoms. The first kappa shape index (κ1) is 20.6. The second-order valence-electron chi connectivity index (χ2n) is 6.42. The third-order valence-corrected chi connectivity index (χ3v) is 4.09. The first-order valence-corrected chi connectivity index (χ1v) is 9.05. The second-order valence-corrected chi connectivity index (χ2v) is 6.42. The van der Waals surface area contributed by atoms with E-state index < -0.39 is 13.0 Å². The number of fused-ring (bicyclic) bond motifs is 1. The molecule has 3 aromatic rings. The molecule has 154 valence electrons. The third-order valence-electron chi connectivity index (χ3n) is 4.09. The summed E-state index contributed by atoms with van der Waals surface area (Å²) in [6.45, 7) is 1.76. The van der Waals surface area contributed by atoms with Crippen molar-refractivity contribution in [3.63, 3.8) is 0 Å². The van der Waals surface area contributed by atoms with Crippen LogP contribution in [0.4, 0.5) is 8.78 Å². The van der Waals surface area contributed by atoms with Gasteiger partial charge in [0.05, 0.1) is 17.4 Å². The molecule has 0 aromatic carbocycles. The van der Waals surface area contributed by atoms with Gasteiger partial charge in [0.25, 0.3) is 12.3 Å². The van der Waals surface area contributed by atoms with Gasteiger partial charge in [-0.25, -0.2) is 13.8 Å². The highest BCUT2D eigenvalue weighted by molar-refractivity contribution is 6.04. The lowest BCUT2D eigenvalue weighted by Gasteiger charge is -2.09. The van der Waals surface area contributed by atoms with E-state index in [1.165, 1.54) is 6.20 Å². The molecular weight excluding hydrogens is 384 g/mol. The molecule has 0 aliphatic heterocycles. The molecule has 29 heavy (non-hydrogen) atoms. The number of nitrogens with zero attached hydrogens (tertiary/aromatic N) is 4. The summed E-state index contributed by atoms with van der Waals surface area (Å²) in [7, 11) is 0. The number of aromatic nitrogens is 4. The molecule has 0 radical (unpaired) electrons. The van der Waals surface area contributed by atoms with Crippen LogP contribution in [0.2, 0.25) is 0 Å². The molecule has 0 atom stereocenters. The Morgan fingerprint density at radius 1 is 1.38 bits per heavy atom. The van der Waals surface area contributed by atoms with Crippen molar-refractivity contribution in [2.75, 3.05) is 19.8 Å². The number of alkyl halides is 2. The summed E-state index contributed by atoms with van der Waals surface area (Å²) in [5, 5.41) is 16.6. The van der Waals surface area contributed by atoms with Gasteiger partial charge < -0.3 is 15.2 Å². The maximum Gasteiger partial charge on any atom is 0.272 e. The van der Waals surface area contributed by atoms with Crippen LogP contribution in [0, 0.1) is 6.92 Å². The molecule has 0 saturated carbocycles. The van der Waals surface area contributed by atoms with Gasteiger partial charge in [-0.3, -0.25) is 14.5 Å². The number of hydrogen-bond donors (Lipinski definition) is 2. The van der Waals surface area contributed by atoms with Gasteiger partial charge in [-0.2, -0.15) is 5.10 Å². The van der Waals surface area contributed by atoms with E-state index in [0.717, 1.165) is 5.56 Å². The average molecular weight is 405 g/mol. The van der Waals surface area contributed by atoms with Crippen molar-refractivity contribution in [1.29, 1.82) is 0 Å². The van der Waals surface area contributed by atoms with Crippen LogP contribution in [0.25, 0.3) is 10.9 Å². The summed E-state index contributed by atoms with van der Waals surface area (Å²) in [5.41, 5.74) is 2.33. The fraction of sp³-hybridized carbons (Fsp3) is 0.368. The van der Waals surface area contributed by atoms with E-state index >= 15 is 0 Å². The summed E-state index contributed by atoms with van der Waals surface area (Å²) in [4.78, 5) is 20.6. The SMILES string of the molecule is Cc1cc(Cn2cc3c(C(=O)NCCCO)nccc3n2)cnc1OCC(F)F. The van der Waals surface area contributed by atoms with Crippen LogP contribution in [0.3, 0.4) is 0 Å². The standard InChI is InChI=1S/C19H21F2N5O3/c1-12-7-13(8-24-19(12)29-11-16(20)21)9-26-10-14-15(25-26)3-5-22-17(14)18(28)23-4-2-6-27/h3,5,7-8,10,16,27H,2,4,6,9,11H2,1H3,(H,23,28). The van der Waals surface area contributed by atoms with E-state index in [9.17, 15) is 13.6 Å². The number of nitrogens with one attached hydrogen (secondary N) is 1. The predicted molar refractivity (Wildman–Crippen MR) is 101 cm³/mol. The number of aliphatic hydroxyl groups is 1. The van der Waals surface area contributed by atoms with Crippen molar-refractivity contribution in [2.24, 2.45) is 0 Å². The van der Waals surface area contributed by atoms with Crippen LogP contribution in [-0.2, 0) is 6.54 Å². The summed E-state index contributed by atoms with van der Waals surface area (Å²) >= 11 is 0. The van der Waals surface area contributed by atoms with Crippen molar-refractivity contribution >= 4 is 16.8 Å². The molecule has 3 heterocycles. The highest BCUT2D eigenvalue weighted by Gasteiger charge is 2.14. The van der Waals surface area contributed by atoms with E-state index in [1.807, 2.05) is 0 Å². The van der Waals surface area contributed by atoms with Crippen LogP contribution >= 0.6 is 0 Å². The Labute approximate surface area is 165 Å². The first-order chi connectivity index (χ1) is 14.0. The van der Waals surface area contributed by atoms with Gasteiger partial charge in [0, 0.05) is 37.3 Å². The van der Waals surface area contributed by atoms with Gasteiger partial charge in [-0.1, -0.05) is 0 Å². The van der Waals surface area contributed by atoms with E-state index in [0.29, 0.717) is 36.0 Å². The van der Waals surface area contributed by atoms with Crippen LogP contribution in [0.1, 0.15) is 28.0 Å². The lowest BCUT2D eigenvalue weighted by atomic mass is 10.2. The lowest BCUT2D eigenvalue weighted by Crippen LogP contribution is -2.26. The van der Waals surface area contributed by atoms with E-state index in [2.05, 4.69) is 20.4 Å². The Morgan fingerprint density at radius 2 is 2.21 bits per heavy atom. The van der Waals surface area contributed by atoms with Gasteiger partial charge in [0.1, 0.15) is 5.69 Å². The Hall–Kier alpha value is -3.14. The third kappa shape index (κ3) is 5.23. The van der Waals surface area contributed by atoms with Crippen molar-refractivity contribution < 1.29 is 23.4 Å². The molecule has 0 bridgehead atoms. The van der Waals surface area contributed by atoms with Crippen molar-refractivity contribution in [1.82, 2.24) is 25.1 Å². The van der Waals surface area contributed by atoms with Crippen molar-refractivity contribution in [3.05, 3.63) is 47.5 Å². The summed E-state index contributed by atoms with van der Waals surface area (Å²) in [5.74, 6) is -0.160. The fourth-order valence-corrected chi connectivity index (χ4v) is 2.81. The lowest BCUT2D eigenvalue weighted by molar-refractivity contribution is 0.0792. The maximum atomic E-state index is 12.3. The molecule has 0 aliphatic rings. The number of rotatable bonds is 9. The smallest absolute Gasteiger partial charge is 0.272 e. The summed E-state index contributed by atoms with van der Waals surface area (Å²) in [6, 6.07) is 3.50. The molecule has 2 N–H and O–H groups in total. The molecule has 10 heteroatoms. The van der Waals surface area contributed by atoms with Gasteiger partial charge in [0.2, 0.25) is 5.88 Å². The fourth-order valence-electron chi connectivity index (χ4n) is 2.81. The minimum absolute atomic E-state index is 0.00470. The van der Waals surface area contributed by atoms with Gasteiger partial charge in [0.15, 0.2) is 6.61 Å². The number of halogens is 2. The monoisotopic (exact) mass is 405 g/mol. The Bertz CT molecular complexity index is 993. The largest absolute Gasteiger partial charge is 0.471 e. The highest BCUT2D eigenvalue weighted by atomic mass is 19.3. The Morgan fingerprint density at radius 3 is 2.93 bits per heavy atom. The first-order valence-electron chi connectivity index (χ1n) is 9.05. The topological polar surface area (TPSA) is 102 Å². The zero-order valence-corrected chi connectivity index (χ0v) is 15.8. The predicted octanol–water partition coefficient (Wildman–Crippen LogP) is 1.94. The van der Waals surface area contributed by atoms with Gasteiger partial charge >= 0.3 is 0 Å². The minimum Gasteiger partial charge on any atom is -0.471 e. The normalized spacial score (nSPS) is 11.2. The highest BCUT2D eigenvalue weighted by Crippen LogP contribution is 2.19. The number of carbonyl (C=O) groups excluding carboxylic acids is 1. The van der Waals surface area contributed by atoms with Crippen molar-refractivity contribution in [2.45, 2.75) is 26.3 Å². The van der Waals surface area contributed by atoms with E-state index in [4.69, 9.17) is 9.84 Å². The quantitative estimate of drug-likeness (QED) is 0.528. The Balaban J connectivity index is 1.76. The molecule has 0 fully saturated rings. The molecule has 0 unspecified atom stereocenters. The summed E-state index contributed by atoms with van der Waals surface area (Å²) < 4.78 is 31.2. The summed E-state index contributed by atoms with van der Waals surface area (Å²) in [6.07, 6.45) is 2.68. The van der Waals surface area contributed by atoms with Gasteiger partial charge in [-0.05, 0) is 31.0 Å². The molecular formula is C19H21F2N5O3. The minimum atomic E-state index is -2.56. The zero-order valence-electron chi connectivity index (χ0n) is 15.8. The molecule has 0 aliphatic carbocycles. The van der Waals surface area contributed by atoms with Crippen LogP contribution < -0.4 is 10.1 Å². The van der Waals surface area contributed by atoms with Crippen LogP contribution in [0.15, 0.2) is 30.7 Å². The van der Waals surface area contributed by atoms with E-state index in [-0.39, 0.29) is 24.1 Å². The molecule has 3 aromatic heterocycles. The average Bonchev–Trinajstić information content (AvgIpc) is 3.09. The number of carbonyl (C=O) groups is 1. The number of ether oxygens (including phenoxy) is 1. The number of hydrogen-bond acceptors (Lipinski definition) is 6. The van der Waals surface area contributed by atoms with E-state index in [1.54, 1.807) is 36.1 Å². The maximum absolute atomic E-state index is 12.3. The van der Waals surface area contributed by atoms with Crippen LogP contribution in [0.5, 0.6) is 5.88 Å². The van der Waals surface area contributed by atoms with Gasteiger partial charge in [-0.15, -0.1) is 0 Å². The Kier molecular flexibility index (Phi) is 6.65. The molecule has 8 nitrogen and oxygen atoms in total. The number of aliphatic hydroxyl groups excluding tert-OH is 1. The number of pyridine rings is 2. The molecule has 3 rings (SSSR count). The number of amides is 1. The van der Waals surface area contributed by atoms with Crippen molar-refractivity contribution in [3.8, 4) is 5.88 Å². The zero-order chi connectivity index (χ0) is 20.8. The van der Waals surface area contributed by atoms with Crippen LogP contribution in [-0.4, -0.2) is 56.9 Å². The number of aryl methyl sites for hydroxylation is 1. The molecule has 0 saturated heterocycles. The second kappa shape index (κ2) is 9.37.